The average Bonchev–Trinajstić information content (AvgIpc) is 2.40. The number of carbonyl (C=O) groups excluding carboxylic acids is 1. The van der Waals surface area contributed by atoms with Crippen LogP contribution in [0.4, 0.5) is 11.5 Å². The Morgan fingerprint density at radius 1 is 1.40 bits per heavy atom. The number of anilines is 1. The molecule has 0 unspecified atom stereocenters. The van der Waals surface area contributed by atoms with Crippen molar-refractivity contribution in [2.45, 2.75) is 6.92 Å². The summed E-state index contributed by atoms with van der Waals surface area (Å²) in [4.78, 5) is 26.0. The molecule has 102 valence electrons. The number of pyridine rings is 1. The van der Waals surface area contributed by atoms with Crippen molar-refractivity contribution in [2.24, 2.45) is 0 Å². The number of aromatic nitrogens is 1. The molecule has 0 aliphatic heterocycles. The molecule has 0 fully saturated rings. The van der Waals surface area contributed by atoms with Crippen LogP contribution in [0.3, 0.4) is 0 Å². The third-order valence-corrected chi connectivity index (χ3v) is 2.67. The standard InChI is InChI=1S/C13H11N3O4/c1-8-7-9(4-5-10(8)16(19)20)13(18)15-12-11(17)3-2-6-14-12/h2-7,17H,1H3,(H,14,15,18). The van der Waals surface area contributed by atoms with E-state index in [1.165, 1.54) is 36.5 Å². The van der Waals surface area contributed by atoms with E-state index in [0.29, 0.717) is 5.56 Å². The number of hydrogen-bond acceptors (Lipinski definition) is 5. The number of aromatic hydroxyl groups is 1. The number of nitrogens with one attached hydrogen (secondary N) is 1. The zero-order chi connectivity index (χ0) is 14.7. The van der Waals surface area contributed by atoms with Gasteiger partial charge in [0.25, 0.3) is 11.6 Å². The molecule has 1 aromatic heterocycles. The van der Waals surface area contributed by atoms with Gasteiger partial charge in [0.1, 0.15) is 0 Å². The highest BCUT2D eigenvalue weighted by molar-refractivity contribution is 6.04. The number of amides is 1. The lowest BCUT2D eigenvalue weighted by Gasteiger charge is -2.06. The lowest BCUT2D eigenvalue weighted by atomic mass is 10.1. The van der Waals surface area contributed by atoms with E-state index in [9.17, 15) is 20.0 Å². The van der Waals surface area contributed by atoms with Gasteiger partial charge in [-0.1, -0.05) is 0 Å². The number of rotatable bonds is 3. The molecule has 7 nitrogen and oxygen atoms in total. The van der Waals surface area contributed by atoms with Crippen molar-refractivity contribution >= 4 is 17.4 Å². The van der Waals surface area contributed by atoms with Gasteiger partial charge < -0.3 is 10.4 Å². The molecule has 1 aromatic carbocycles. The number of nitro groups is 1. The molecule has 0 aliphatic rings. The molecule has 0 atom stereocenters. The summed E-state index contributed by atoms with van der Waals surface area (Å²) in [5.74, 6) is -0.620. The van der Waals surface area contributed by atoms with Crippen LogP contribution in [-0.2, 0) is 0 Å². The van der Waals surface area contributed by atoms with Crippen LogP contribution in [0.2, 0.25) is 0 Å². The largest absolute Gasteiger partial charge is 0.504 e. The van der Waals surface area contributed by atoms with Crippen molar-refractivity contribution in [1.29, 1.82) is 0 Å². The van der Waals surface area contributed by atoms with E-state index in [0.717, 1.165) is 0 Å². The quantitative estimate of drug-likeness (QED) is 0.659. The highest BCUT2D eigenvalue weighted by Crippen LogP contribution is 2.22. The average molecular weight is 273 g/mol. The molecular weight excluding hydrogens is 262 g/mol. The Kier molecular flexibility index (Phi) is 3.60. The van der Waals surface area contributed by atoms with Gasteiger partial charge in [0.15, 0.2) is 11.6 Å². The molecule has 1 amide bonds. The molecule has 0 spiro atoms. The molecule has 7 heteroatoms. The van der Waals surface area contributed by atoms with Crippen molar-refractivity contribution in [3.8, 4) is 5.75 Å². The smallest absolute Gasteiger partial charge is 0.272 e. The van der Waals surface area contributed by atoms with Crippen LogP contribution in [0.25, 0.3) is 0 Å². The van der Waals surface area contributed by atoms with E-state index in [4.69, 9.17) is 0 Å². The zero-order valence-corrected chi connectivity index (χ0v) is 10.5. The summed E-state index contributed by atoms with van der Waals surface area (Å²) in [6, 6.07) is 6.95. The molecule has 0 radical (unpaired) electrons. The maximum atomic E-state index is 12.0. The minimum Gasteiger partial charge on any atom is -0.504 e. The second-order valence-corrected chi connectivity index (χ2v) is 4.08. The van der Waals surface area contributed by atoms with Gasteiger partial charge in [-0.25, -0.2) is 4.98 Å². The van der Waals surface area contributed by atoms with Crippen LogP contribution in [0.15, 0.2) is 36.5 Å². The summed E-state index contributed by atoms with van der Waals surface area (Å²) in [6.45, 7) is 1.55. The molecule has 2 rings (SSSR count). The number of nitro benzene ring substituents is 1. The zero-order valence-electron chi connectivity index (χ0n) is 10.5. The van der Waals surface area contributed by atoms with Gasteiger partial charge in [-0.3, -0.25) is 14.9 Å². The van der Waals surface area contributed by atoms with E-state index in [2.05, 4.69) is 10.3 Å². The van der Waals surface area contributed by atoms with Crippen molar-refractivity contribution < 1.29 is 14.8 Å². The number of carbonyl (C=O) groups is 1. The minimum atomic E-state index is -0.512. The Labute approximate surface area is 114 Å². The Hall–Kier alpha value is -2.96. The van der Waals surface area contributed by atoms with Gasteiger partial charge in [0.2, 0.25) is 0 Å². The fourth-order valence-electron chi connectivity index (χ4n) is 1.67. The molecule has 0 bridgehead atoms. The summed E-state index contributed by atoms with van der Waals surface area (Å²) >= 11 is 0. The lowest BCUT2D eigenvalue weighted by Crippen LogP contribution is -2.13. The summed E-state index contributed by atoms with van der Waals surface area (Å²) < 4.78 is 0. The Morgan fingerprint density at radius 2 is 2.15 bits per heavy atom. The molecule has 1 heterocycles. The molecule has 0 saturated carbocycles. The van der Waals surface area contributed by atoms with Crippen LogP contribution < -0.4 is 5.32 Å². The third kappa shape index (κ3) is 2.72. The van der Waals surface area contributed by atoms with E-state index >= 15 is 0 Å². The van der Waals surface area contributed by atoms with Crippen LogP contribution in [-0.4, -0.2) is 20.9 Å². The Bertz CT molecular complexity index is 685. The summed E-state index contributed by atoms with van der Waals surface area (Å²) in [6.07, 6.45) is 1.43. The summed E-state index contributed by atoms with van der Waals surface area (Å²) in [5, 5.41) is 22.6. The SMILES string of the molecule is Cc1cc(C(=O)Nc2ncccc2O)ccc1[N+](=O)[O-]. The molecule has 2 N–H and O–H groups in total. The molecule has 20 heavy (non-hydrogen) atoms. The maximum absolute atomic E-state index is 12.0. The predicted octanol–water partition coefficient (Wildman–Crippen LogP) is 2.26. The van der Waals surface area contributed by atoms with Gasteiger partial charge in [-0.2, -0.15) is 0 Å². The molecular formula is C13H11N3O4. The summed E-state index contributed by atoms with van der Waals surface area (Å²) in [5.41, 5.74) is 0.577. The van der Waals surface area contributed by atoms with Gasteiger partial charge in [0.05, 0.1) is 4.92 Å². The fraction of sp³-hybridized carbons (Fsp3) is 0.0769. The number of hydrogen-bond donors (Lipinski definition) is 2. The first kappa shape index (κ1) is 13.5. The van der Waals surface area contributed by atoms with E-state index in [1.54, 1.807) is 6.92 Å². The summed E-state index contributed by atoms with van der Waals surface area (Å²) in [7, 11) is 0. The molecule has 2 aromatic rings. The highest BCUT2D eigenvalue weighted by Gasteiger charge is 2.15. The Morgan fingerprint density at radius 3 is 2.75 bits per heavy atom. The number of aryl methyl sites for hydroxylation is 1. The van der Waals surface area contributed by atoms with Crippen molar-refractivity contribution in [1.82, 2.24) is 4.98 Å². The van der Waals surface area contributed by atoms with Gasteiger partial charge >= 0.3 is 0 Å². The number of benzene rings is 1. The minimum absolute atomic E-state index is 0.0357. The van der Waals surface area contributed by atoms with Crippen LogP contribution in [0, 0.1) is 17.0 Å². The van der Waals surface area contributed by atoms with E-state index in [-0.39, 0.29) is 22.8 Å². The van der Waals surface area contributed by atoms with Crippen LogP contribution in [0.1, 0.15) is 15.9 Å². The van der Waals surface area contributed by atoms with Crippen LogP contribution >= 0.6 is 0 Å². The van der Waals surface area contributed by atoms with Gasteiger partial charge in [-0.15, -0.1) is 0 Å². The second-order valence-electron chi connectivity index (χ2n) is 4.08. The highest BCUT2D eigenvalue weighted by atomic mass is 16.6. The van der Waals surface area contributed by atoms with Crippen LogP contribution in [0.5, 0.6) is 5.75 Å². The fourth-order valence-corrected chi connectivity index (χ4v) is 1.67. The molecule has 0 aliphatic carbocycles. The van der Waals surface area contributed by atoms with Gasteiger partial charge in [-0.05, 0) is 31.2 Å². The first-order chi connectivity index (χ1) is 9.49. The normalized spacial score (nSPS) is 10.1. The second kappa shape index (κ2) is 5.35. The van der Waals surface area contributed by atoms with Crippen molar-refractivity contribution in [3.63, 3.8) is 0 Å². The first-order valence-corrected chi connectivity index (χ1v) is 5.69. The van der Waals surface area contributed by atoms with Gasteiger partial charge in [0, 0.05) is 23.4 Å². The monoisotopic (exact) mass is 273 g/mol. The van der Waals surface area contributed by atoms with E-state index in [1.807, 2.05) is 0 Å². The Balaban J connectivity index is 2.24. The molecule has 0 saturated heterocycles. The first-order valence-electron chi connectivity index (χ1n) is 5.69. The lowest BCUT2D eigenvalue weighted by molar-refractivity contribution is -0.385. The number of nitrogens with zero attached hydrogens (tertiary/aromatic N) is 2. The van der Waals surface area contributed by atoms with Crippen molar-refractivity contribution in [2.75, 3.05) is 5.32 Å². The van der Waals surface area contributed by atoms with Crippen molar-refractivity contribution in [3.05, 3.63) is 57.8 Å². The predicted molar refractivity (Wildman–Crippen MR) is 71.7 cm³/mol. The topological polar surface area (TPSA) is 105 Å². The third-order valence-electron chi connectivity index (χ3n) is 2.67. The van der Waals surface area contributed by atoms with E-state index < -0.39 is 10.8 Å². The maximum Gasteiger partial charge on any atom is 0.272 e.